The molecular weight excluding hydrogens is 264 g/mol. The number of allylic oxidation sites excluding steroid dienone is 1. The fourth-order valence-corrected chi connectivity index (χ4v) is 3.19. The number of carbonyl (C=O) groups excluding carboxylic acids is 1. The molecule has 6 heteroatoms. The van der Waals surface area contributed by atoms with Gasteiger partial charge < -0.3 is 5.32 Å². The van der Waals surface area contributed by atoms with E-state index in [9.17, 15) is 13.2 Å². The summed E-state index contributed by atoms with van der Waals surface area (Å²) in [5.74, 6) is -0.639. The SMILES string of the molecule is C=C[C@@H]1CC1C(=O)NS(=O)(=O)c1ccccc1NC. The maximum absolute atomic E-state index is 12.2. The Morgan fingerprint density at radius 3 is 2.68 bits per heavy atom. The van der Waals surface area contributed by atoms with Crippen LogP contribution in [0.25, 0.3) is 0 Å². The fraction of sp³-hybridized carbons (Fsp3) is 0.308. The molecule has 5 nitrogen and oxygen atoms in total. The molecule has 1 amide bonds. The lowest BCUT2D eigenvalue weighted by Crippen LogP contribution is -2.32. The smallest absolute Gasteiger partial charge is 0.266 e. The summed E-state index contributed by atoms with van der Waals surface area (Å²) in [6.45, 7) is 3.60. The molecule has 2 rings (SSSR count). The van der Waals surface area contributed by atoms with Gasteiger partial charge in [-0.15, -0.1) is 6.58 Å². The van der Waals surface area contributed by atoms with Crippen molar-refractivity contribution in [3.8, 4) is 0 Å². The van der Waals surface area contributed by atoms with Gasteiger partial charge in [-0.2, -0.15) is 0 Å². The summed E-state index contributed by atoms with van der Waals surface area (Å²) in [6, 6.07) is 6.44. The van der Waals surface area contributed by atoms with Crippen molar-refractivity contribution in [3.63, 3.8) is 0 Å². The third-order valence-electron chi connectivity index (χ3n) is 3.16. The molecule has 1 aromatic carbocycles. The molecule has 2 N–H and O–H groups in total. The average molecular weight is 280 g/mol. The molecule has 19 heavy (non-hydrogen) atoms. The Balaban J connectivity index is 2.19. The number of anilines is 1. The van der Waals surface area contributed by atoms with Gasteiger partial charge in [0.15, 0.2) is 0 Å². The summed E-state index contributed by atoms with van der Waals surface area (Å²) in [4.78, 5) is 11.9. The molecule has 0 bridgehead atoms. The summed E-state index contributed by atoms with van der Waals surface area (Å²) < 4.78 is 26.4. The molecule has 1 unspecified atom stereocenters. The van der Waals surface area contributed by atoms with Crippen LogP contribution in [-0.4, -0.2) is 21.4 Å². The second-order valence-corrected chi connectivity index (χ2v) is 6.11. The monoisotopic (exact) mass is 280 g/mol. The predicted molar refractivity (Wildman–Crippen MR) is 73.1 cm³/mol. The van der Waals surface area contributed by atoms with E-state index in [1.54, 1.807) is 31.3 Å². The highest BCUT2D eigenvalue weighted by Gasteiger charge is 2.42. The van der Waals surface area contributed by atoms with Gasteiger partial charge in [0.25, 0.3) is 10.0 Å². The summed E-state index contributed by atoms with van der Waals surface area (Å²) in [7, 11) is -2.21. The molecule has 1 aromatic rings. The lowest BCUT2D eigenvalue weighted by molar-refractivity contribution is -0.120. The Morgan fingerprint density at radius 2 is 2.11 bits per heavy atom. The number of nitrogens with one attached hydrogen (secondary N) is 2. The van der Waals surface area contributed by atoms with Crippen molar-refractivity contribution < 1.29 is 13.2 Å². The van der Waals surface area contributed by atoms with Gasteiger partial charge in [-0.25, -0.2) is 13.1 Å². The van der Waals surface area contributed by atoms with Crippen LogP contribution >= 0.6 is 0 Å². The molecule has 1 aliphatic rings. The molecule has 0 saturated heterocycles. The molecule has 1 fully saturated rings. The molecule has 102 valence electrons. The van der Waals surface area contributed by atoms with Gasteiger partial charge in [0.05, 0.1) is 5.69 Å². The van der Waals surface area contributed by atoms with E-state index in [2.05, 4.69) is 16.6 Å². The minimum Gasteiger partial charge on any atom is -0.387 e. The van der Waals surface area contributed by atoms with Crippen molar-refractivity contribution in [3.05, 3.63) is 36.9 Å². The van der Waals surface area contributed by atoms with E-state index in [0.717, 1.165) is 0 Å². The number of para-hydroxylation sites is 1. The number of hydrogen-bond acceptors (Lipinski definition) is 4. The molecule has 1 aliphatic carbocycles. The van der Waals surface area contributed by atoms with Gasteiger partial charge in [-0.05, 0) is 24.5 Å². The Bertz CT molecular complexity index is 610. The zero-order valence-corrected chi connectivity index (χ0v) is 11.4. The predicted octanol–water partition coefficient (Wildman–Crippen LogP) is 1.36. The Hall–Kier alpha value is -1.82. The zero-order chi connectivity index (χ0) is 14.0. The number of sulfonamides is 1. The minimum atomic E-state index is -3.84. The van der Waals surface area contributed by atoms with Crippen LogP contribution in [0.3, 0.4) is 0 Å². The van der Waals surface area contributed by atoms with E-state index < -0.39 is 15.9 Å². The van der Waals surface area contributed by atoms with E-state index in [1.807, 2.05) is 0 Å². The molecule has 2 atom stereocenters. The lowest BCUT2D eigenvalue weighted by atomic mass is 10.3. The van der Waals surface area contributed by atoms with Crippen molar-refractivity contribution >= 4 is 21.6 Å². The van der Waals surface area contributed by atoms with Crippen LogP contribution in [-0.2, 0) is 14.8 Å². The van der Waals surface area contributed by atoms with Crippen LogP contribution in [0.2, 0.25) is 0 Å². The van der Waals surface area contributed by atoms with Gasteiger partial charge in [0.2, 0.25) is 5.91 Å². The van der Waals surface area contributed by atoms with Crippen molar-refractivity contribution in [1.82, 2.24) is 4.72 Å². The van der Waals surface area contributed by atoms with E-state index in [0.29, 0.717) is 12.1 Å². The first kappa shape index (κ1) is 13.6. The Kier molecular flexibility index (Phi) is 3.61. The normalized spacial score (nSPS) is 21.5. The largest absolute Gasteiger partial charge is 0.387 e. The van der Waals surface area contributed by atoms with Crippen LogP contribution in [0.4, 0.5) is 5.69 Å². The number of hydrogen-bond donors (Lipinski definition) is 2. The third-order valence-corrected chi connectivity index (χ3v) is 4.57. The highest BCUT2D eigenvalue weighted by molar-refractivity contribution is 7.90. The van der Waals surface area contributed by atoms with Gasteiger partial charge in [0, 0.05) is 13.0 Å². The van der Waals surface area contributed by atoms with Gasteiger partial charge in [0.1, 0.15) is 4.90 Å². The molecule has 0 heterocycles. The van der Waals surface area contributed by atoms with Crippen molar-refractivity contribution in [2.75, 3.05) is 12.4 Å². The maximum Gasteiger partial charge on any atom is 0.266 e. The Labute approximate surface area is 112 Å². The first-order valence-corrected chi connectivity index (χ1v) is 7.44. The van der Waals surface area contributed by atoms with E-state index in [4.69, 9.17) is 0 Å². The summed E-state index contributed by atoms with van der Waals surface area (Å²) in [5.41, 5.74) is 0.457. The average Bonchev–Trinajstić information content (AvgIpc) is 3.17. The second-order valence-electron chi connectivity index (χ2n) is 4.46. The topological polar surface area (TPSA) is 75.3 Å². The molecule has 0 spiro atoms. The third kappa shape index (κ3) is 2.78. The fourth-order valence-electron chi connectivity index (χ4n) is 1.95. The first-order chi connectivity index (χ1) is 8.99. The molecule has 0 radical (unpaired) electrons. The number of carbonyl (C=O) groups is 1. The van der Waals surface area contributed by atoms with Crippen molar-refractivity contribution in [2.45, 2.75) is 11.3 Å². The first-order valence-electron chi connectivity index (χ1n) is 5.95. The summed E-state index contributed by atoms with van der Waals surface area (Å²) in [5, 5.41) is 2.79. The number of rotatable bonds is 5. The quantitative estimate of drug-likeness (QED) is 0.798. The van der Waals surface area contributed by atoms with Crippen LogP contribution in [0, 0.1) is 11.8 Å². The van der Waals surface area contributed by atoms with E-state index in [1.165, 1.54) is 6.07 Å². The summed E-state index contributed by atoms with van der Waals surface area (Å²) >= 11 is 0. The van der Waals surface area contributed by atoms with E-state index >= 15 is 0 Å². The highest BCUT2D eigenvalue weighted by atomic mass is 32.2. The van der Waals surface area contributed by atoms with Crippen LogP contribution in [0.1, 0.15) is 6.42 Å². The zero-order valence-electron chi connectivity index (χ0n) is 10.6. The minimum absolute atomic E-state index is 0.0710. The molecule has 0 aliphatic heterocycles. The van der Waals surface area contributed by atoms with Gasteiger partial charge in [-0.3, -0.25) is 4.79 Å². The van der Waals surface area contributed by atoms with Crippen LogP contribution in [0.15, 0.2) is 41.8 Å². The molecule has 1 saturated carbocycles. The standard InChI is InChI=1S/C13H16N2O3S/c1-3-9-8-10(9)13(16)15-19(17,18)12-7-5-4-6-11(12)14-2/h3-7,9-10,14H,1,8H2,2H3,(H,15,16)/t9-,10?/m1/s1. The number of amides is 1. The molecule has 0 aromatic heterocycles. The second kappa shape index (κ2) is 5.05. The maximum atomic E-state index is 12.2. The van der Waals surface area contributed by atoms with Crippen molar-refractivity contribution in [1.29, 1.82) is 0 Å². The van der Waals surface area contributed by atoms with Crippen LogP contribution < -0.4 is 10.0 Å². The van der Waals surface area contributed by atoms with Gasteiger partial charge >= 0.3 is 0 Å². The Morgan fingerprint density at radius 1 is 1.42 bits per heavy atom. The summed E-state index contributed by atoms with van der Waals surface area (Å²) in [6.07, 6.45) is 2.34. The van der Waals surface area contributed by atoms with Gasteiger partial charge in [-0.1, -0.05) is 18.2 Å². The lowest BCUT2D eigenvalue weighted by Gasteiger charge is -2.10. The van der Waals surface area contributed by atoms with E-state index in [-0.39, 0.29) is 16.7 Å². The van der Waals surface area contributed by atoms with Crippen molar-refractivity contribution in [2.24, 2.45) is 11.8 Å². The highest BCUT2D eigenvalue weighted by Crippen LogP contribution is 2.39. The number of benzene rings is 1. The molecular formula is C13H16N2O3S. The van der Waals surface area contributed by atoms with Crippen LogP contribution in [0.5, 0.6) is 0 Å².